The van der Waals surface area contributed by atoms with Crippen molar-refractivity contribution in [3.63, 3.8) is 0 Å². The molecule has 0 amide bonds. The van der Waals surface area contributed by atoms with Crippen LogP contribution in [0.2, 0.25) is 0 Å². The summed E-state index contributed by atoms with van der Waals surface area (Å²) in [5.74, 6) is 0.749. The summed E-state index contributed by atoms with van der Waals surface area (Å²) in [5.41, 5.74) is 9.02. The van der Waals surface area contributed by atoms with Crippen molar-refractivity contribution in [3.8, 4) is 5.75 Å². The lowest BCUT2D eigenvalue weighted by atomic mass is 10.0. The summed E-state index contributed by atoms with van der Waals surface area (Å²) in [5, 5.41) is 8.57. The molecular weight excluding hydrogens is 346 g/mol. The van der Waals surface area contributed by atoms with E-state index >= 15 is 0 Å². The van der Waals surface area contributed by atoms with Crippen molar-refractivity contribution in [3.05, 3.63) is 58.6 Å². The molecule has 0 atom stereocenters. The van der Waals surface area contributed by atoms with Crippen molar-refractivity contribution in [2.45, 2.75) is 13.5 Å². The van der Waals surface area contributed by atoms with Gasteiger partial charge in [-0.1, -0.05) is 24.3 Å². The SMILES string of the molecule is COc1cccc(C)c1/C(C=N)=N/C(N)=NCc1nc2ccccc2s1. The van der Waals surface area contributed by atoms with Crippen LogP contribution in [0.15, 0.2) is 52.4 Å². The predicted octanol–water partition coefficient (Wildman–Crippen LogP) is 3.57. The highest BCUT2D eigenvalue weighted by Gasteiger charge is 2.12. The summed E-state index contributed by atoms with van der Waals surface area (Å²) < 4.78 is 6.50. The number of aryl methyl sites for hydroxylation is 1. The molecule has 2 aromatic carbocycles. The van der Waals surface area contributed by atoms with Crippen LogP contribution in [0.3, 0.4) is 0 Å². The minimum atomic E-state index is 0.105. The van der Waals surface area contributed by atoms with Gasteiger partial charge >= 0.3 is 0 Å². The van der Waals surface area contributed by atoms with E-state index in [2.05, 4.69) is 15.0 Å². The third-order valence-electron chi connectivity index (χ3n) is 3.80. The molecular formula is C19H19N5OS. The Morgan fingerprint density at radius 1 is 1.27 bits per heavy atom. The first-order valence-corrected chi connectivity index (χ1v) is 8.81. The molecule has 0 aliphatic heterocycles. The lowest BCUT2D eigenvalue weighted by Crippen LogP contribution is -2.15. The number of benzene rings is 2. The summed E-state index contributed by atoms with van der Waals surface area (Å²) in [6, 6.07) is 13.6. The molecule has 3 N–H and O–H groups in total. The molecule has 1 heterocycles. The van der Waals surface area contributed by atoms with E-state index in [9.17, 15) is 0 Å². The van der Waals surface area contributed by atoms with E-state index in [0.717, 1.165) is 32.6 Å². The largest absolute Gasteiger partial charge is 0.496 e. The van der Waals surface area contributed by atoms with Gasteiger partial charge in [0.1, 0.15) is 10.8 Å². The number of aromatic nitrogens is 1. The summed E-state index contributed by atoms with van der Waals surface area (Å²) in [7, 11) is 1.59. The van der Waals surface area contributed by atoms with E-state index < -0.39 is 0 Å². The molecule has 0 saturated carbocycles. The zero-order chi connectivity index (χ0) is 18.5. The van der Waals surface area contributed by atoms with Crippen molar-refractivity contribution in [2.24, 2.45) is 15.7 Å². The van der Waals surface area contributed by atoms with Gasteiger partial charge in [-0.05, 0) is 30.7 Å². The van der Waals surface area contributed by atoms with Crippen LogP contribution in [0.1, 0.15) is 16.1 Å². The summed E-state index contributed by atoms with van der Waals surface area (Å²) in [6.45, 7) is 2.29. The van der Waals surface area contributed by atoms with Gasteiger partial charge < -0.3 is 15.9 Å². The van der Waals surface area contributed by atoms with E-state index in [1.807, 2.05) is 49.4 Å². The van der Waals surface area contributed by atoms with Gasteiger partial charge in [0, 0.05) is 11.8 Å². The maximum Gasteiger partial charge on any atom is 0.216 e. The smallest absolute Gasteiger partial charge is 0.216 e. The van der Waals surface area contributed by atoms with Gasteiger partial charge in [0.15, 0.2) is 0 Å². The van der Waals surface area contributed by atoms with Crippen molar-refractivity contribution >= 4 is 39.4 Å². The molecule has 0 radical (unpaired) electrons. The van der Waals surface area contributed by atoms with Crippen LogP contribution >= 0.6 is 11.3 Å². The summed E-state index contributed by atoms with van der Waals surface area (Å²) in [4.78, 5) is 13.1. The lowest BCUT2D eigenvalue weighted by molar-refractivity contribution is 0.413. The Morgan fingerprint density at radius 3 is 2.81 bits per heavy atom. The average Bonchev–Trinajstić information content (AvgIpc) is 3.07. The Bertz CT molecular complexity index is 973. The van der Waals surface area contributed by atoms with Crippen molar-refractivity contribution in [1.82, 2.24) is 4.98 Å². The average molecular weight is 365 g/mol. The monoisotopic (exact) mass is 365 g/mol. The second-order valence-electron chi connectivity index (χ2n) is 5.54. The number of nitrogens with one attached hydrogen (secondary N) is 1. The van der Waals surface area contributed by atoms with Gasteiger partial charge in [-0.3, -0.25) is 0 Å². The minimum Gasteiger partial charge on any atom is -0.496 e. The number of hydrogen-bond acceptors (Lipinski definition) is 5. The standard InChI is InChI=1S/C19H19N5OS/c1-12-6-5-8-15(25-2)18(12)14(10-20)24-19(21)22-11-17-23-13-7-3-4-9-16(13)26-17/h3-10,20H,11H2,1-2H3,(H2,21,22)/b20-10?,24-14+. The number of ether oxygens (including phenoxy) is 1. The molecule has 26 heavy (non-hydrogen) atoms. The topological polar surface area (TPSA) is 96.7 Å². The molecule has 0 unspecified atom stereocenters. The molecule has 0 fully saturated rings. The molecule has 6 nitrogen and oxygen atoms in total. The number of methoxy groups -OCH3 is 1. The summed E-state index contributed by atoms with van der Waals surface area (Å²) >= 11 is 1.58. The van der Waals surface area contributed by atoms with Gasteiger partial charge in [-0.2, -0.15) is 0 Å². The first-order chi connectivity index (χ1) is 12.6. The lowest BCUT2D eigenvalue weighted by Gasteiger charge is -2.10. The second-order valence-corrected chi connectivity index (χ2v) is 6.66. The van der Waals surface area contributed by atoms with E-state index in [4.69, 9.17) is 15.9 Å². The quantitative estimate of drug-likeness (QED) is 0.534. The molecule has 0 spiro atoms. The van der Waals surface area contributed by atoms with Gasteiger partial charge in [0.2, 0.25) is 5.96 Å². The number of aliphatic imine (C=N–C) groups is 2. The fourth-order valence-corrected chi connectivity index (χ4v) is 3.49. The van der Waals surface area contributed by atoms with E-state index in [1.54, 1.807) is 18.4 Å². The number of rotatable bonds is 5. The van der Waals surface area contributed by atoms with Crippen molar-refractivity contribution in [2.75, 3.05) is 7.11 Å². The molecule has 1 aromatic heterocycles. The highest BCUT2D eigenvalue weighted by Crippen LogP contribution is 2.23. The molecule has 7 heteroatoms. The highest BCUT2D eigenvalue weighted by molar-refractivity contribution is 7.18. The number of hydrogen-bond donors (Lipinski definition) is 2. The van der Waals surface area contributed by atoms with Crippen LogP contribution in [0.4, 0.5) is 0 Å². The molecule has 0 aliphatic rings. The molecule has 0 bridgehead atoms. The Morgan fingerprint density at radius 2 is 2.08 bits per heavy atom. The van der Waals surface area contributed by atoms with Crippen molar-refractivity contribution < 1.29 is 4.74 Å². The van der Waals surface area contributed by atoms with E-state index in [0.29, 0.717) is 18.0 Å². The second kappa shape index (κ2) is 7.88. The zero-order valence-electron chi connectivity index (χ0n) is 14.6. The first-order valence-electron chi connectivity index (χ1n) is 8.00. The number of guanidine groups is 1. The first kappa shape index (κ1) is 17.8. The van der Waals surface area contributed by atoms with E-state index in [1.165, 1.54) is 0 Å². The number of para-hydroxylation sites is 1. The molecule has 132 valence electrons. The highest BCUT2D eigenvalue weighted by atomic mass is 32.1. The third-order valence-corrected chi connectivity index (χ3v) is 4.82. The Hall–Kier alpha value is -3.06. The number of fused-ring (bicyclic) bond motifs is 1. The number of thiazole rings is 1. The van der Waals surface area contributed by atoms with E-state index in [-0.39, 0.29) is 5.96 Å². The van der Waals surface area contributed by atoms with Gasteiger partial charge in [-0.25, -0.2) is 15.0 Å². The summed E-state index contributed by atoms with van der Waals surface area (Å²) in [6.07, 6.45) is 1.16. The van der Waals surface area contributed by atoms with Crippen LogP contribution in [0, 0.1) is 12.3 Å². The predicted molar refractivity (Wildman–Crippen MR) is 108 cm³/mol. The molecule has 3 rings (SSSR count). The Kier molecular flexibility index (Phi) is 5.38. The van der Waals surface area contributed by atoms with Crippen LogP contribution in [0.25, 0.3) is 10.2 Å². The minimum absolute atomic E-state index is 0.105. The fourth-order valence-electron chi connectivity index (χ4n) is 2.59. The maximum absolute atomic E-state index is 7.70. The van der Waals surface area contributed by atoms with Crippen LogP contribution in [-0.4, -0.2) is 30.0 Å². The molecule has 0 saturated heterocycles. The molecule has 3 aromatic rings. The van der Waals surface area contributed by atoms with Crippen LogP contribution in [-0.2, 0) is 6.54 Å². The Labute approximate surface area is 155 Å². The van der Waals surface area contributed by atoms with Crippen LogP contribution in [0.5, 0.6) is 5.75 Å². The van der Waals surface area contributed by atoms with Gasteiger partial charge in [0.25, 0.3) is 0 Å². The van der Waals surface area contributed by atoms with Crippen LogP contribution < -0.4 is 10.5 Å². The third kappa shape index (κ3) is 3.78. The van der Waals surface area contributed by atoms with Gasteiger partial charge in [0.05, 0.1) is 29.6 Å². The zero-order valence-corrected chi connectivity index (χ0v) is 15.4. The normalized spacial score (nSPS) is 12.4. The number of nitrogens with zero attached hydrogens (tertiary/aromatic N) is 3. The van der Waals surface area contributed by atoms with Crippen molar-refractivity contribution in [1.29, 1.82) is 5.41 Å². The Balaban J connectivity index is 1.87. The fraction of sp³-hybridized carbons (Fsp3) is 0.158. The number of nitrogens with two attached hydrogens (primary N) is 1. The van der Waals surface area contributed by atoms with Gasteiger partial charge in [-0.15, -0.1) is 11.3 Å². The maximum atomic E-state index is 7.70. The molecule has 0 aliphatic carbocycles.